The van der Waals surface area contributed by atoms with Crippen molar-refractivity contribution in [2.45, 2.75) is 45.6 Å². The molecule has 0 bridgehead atoms. The minimum atomic E-state index is 0.355. The van der Waals surface area contributed by atoms with Crippen molar-refractivity contribution in [2.75, 3.05) is 13.1 Å². The Morgan fingerprint density at radius 2 is 1.86 bits per heavy atom. The minimum absolute atomic E-state index is 0.355. The second-order valence-corrected chi connectivity index (χ2v) is 5.40. The molecule has 2 heteroatoms. The van der Waals surface area contributed by atoms with Gasteiger partial charge in [-0.25, -0.2) is 0 Å². The zero-order chi connectivity index (χ0) is 10.2. The Morgan fingerprint density at radius 1 is 1.29 bits per heavy atom. The van der Waals surface area contributed by atoms with Crippen molar-refractivity contribution < 1.29 is 0 Å². The molecule has 0 aromatic heterocycles. The van der Waals surface area contributed by atoms with Crippen LogP contribution in [0, 0.1) is 22.7 Å². The van der Waals surface area contributed by atoms with Crippen molar-refractivity contribution in [1.82, 2.24) is 4.90 Å². The molecule has 0 amide bonds. The molecule has 1 saturated heterocycles. The highest BCUT2D eigenvalue weighted by Crippen LogP contribution is 2.45. The van der Waals surface area contributed by atoms with Crippen molar-refractivity contribution in [3.63, 3.8) is 0 Å². The standard InChI is InChI=1S/C12H20N2/c1-10(2)14-8-12(9-14)5-3-11(7-13)4-6-12/h10-11H,3-6,8-9H2,1-2H3. The summed E-state index contributed by atoms with van der Waals surface area (Å²) in [5.41, 5.74) is 0.609. The van der Waals surface area contributed by atoms with Crippen molar-refractivity contribution in [3.05, 3.63) is 0 Å². The Kier molecular flexibility index (Phi) is 2.53. The predicted molar refractivity (Wildman–Crippen MR) is 56.7 cm³/mol. The normalized spacial score (nSPS) is 27.6. The van der Waals surface area contributed by atoms with E-state index in [4.69, 9.17) is 5.26 Å². The molecule has 2 aliphatic rings. The van der Waals surface area contributed by atoms with Gasteiger partial charge in [0.25, 0.3) is 0 Å². The van der Waals surface area contributed by atoms with E-state index in [1.807, 2.05) is 0 Å². The van der Waals surface area contributed by atoms with Crippen LogP contribution in [0.1, 0.15) is 39.5 Å². The van der Waals surface area contributed by atoms with Crippen LogP contribution in [0.25, 0.3) is 0 Å². The molecular formula is C12H20N2. The maximum atomic E-state index is 8.83. The number of hydrogen-bond donors (Lipinski definition) is 0. The van der Waals surface area contributed by atoms with Crippen molar-refractivity contribution in [3.8, 4) is 6.07 Å². The van der Waals surface area contributed by atoms with E-state index >= 15 is 0 Å². The maximum Gasteiger partial charge on any atom is 0.0655 e. The van der Waals surface area contributed by atoms with Crippen molar-refractivity contribution in [2.24, 2.45) is 11.3 Å². The van der Waals surface area contributed by atoms with Crippen LogP contribution in [0.15, 0.2) is 0 Å². The fraction of sp³-hybridized carbons (Fsp3) is 0.917. The van der Waals surface area contributed by atoms with Gasteiger partial charge in [-0.15, -0.1) is 0 Å². The molecular weight excluding hydrogens is 172 g/mol. The number of likely N-dealkylation sites (tertiary alicyclic amines) is 1. The van der Waals surface area contributed by atoms with Crippen LogP contribution in [0.2, 0.25) is 0 Å². The highest BCUT2D eigenvalue weighted by molar-refractivity contribution is 5.01. The maximum absolute atomic E-state index is 8.83. The lowest BCUT2D eigenvalue weighted by Crippen LogP contribution is -2.59. The van der Waals surface area contributed by atoms with E-state index in [9.17, 15) is 0 Å². The van der Waals surface area contributed by atoms with E-state index in [-0.39, 0.29) is 0 Å². The number of nitrogens with zero attached hydrogens (tertiary/aromatic N) is 2. The van der Waals surface area contributed by atoms with Crippen LogP contribution in [0.3, 0.4) is 0 Å². The van der Waals surface area contributed by atoms with E-state index in [2.05, 4.69) is 24.8 Å². The molecule has 0 N–H and O–H groups in total. The van der Waals surface area contributed by atoms with E-state index < -0.39 is 0 Å². The lowest BCUT2D eigenvalue weighted by molar-refractivity contribution is -0.0513. The number of nitriles is 1. The molecule has 0 aromatic rings. The lowest BCUT2D eigenvalue weighted by atomic mass is 9.66. The van der Waals surface area contributed by atoms with Crippen LogP contribution in [0.5, 0.6) is 0 Å². The largest absolute Gasteiger partial charge is 0.300 e. The molecule has 2 rings (SSSR count). The molecule has 1 aliphatic heterocycles. The van der Waals surface area contributed by atoms with Gasteiger partial charge in [0.15, 0.2) is 0 Å². The first kappa shape index (κ1) is 9.98. The van der Waals surface area contributed by atoms with Crippen LogP contribution in [-0.2, 0) is 0 Å². The van der Waals surface area contributed by atoms with Crippen LogP contribution >= 0.6 is 0 Å². The van der Waals surface area contributed by atoms with Gasteiger partial charge in [0.1, 0.15) is 0 Å². The number of hydrogen-bond acceptors (Lipinski definition) is 2. The molecule has 0 atom stereocenters. The first-order valence-corrected chi connectivity index (χ1v) is 5.79. The van der Waals surface area contributed by atoms with Gasteiger partial charge in [-0.05, 0) is 44.9 Å². The lowest BCUT2D eigenvalue weighted by Gasteiger charge is -2.54. The third-order valence-corrected chi connectivity index (χ3v) is 4.04. The van der Waals surface area contributed by atoms with Gasteiger partial charge < -0.3 is 0 Å². The quantitative estimate of drug-likeness (QED) is 0.638. The third-order valence-electron chi connectivity index (χ3n) is 4.04. The Balaban J connectivity index is 1.83. The molecule has 2 nitrogen and oxygen atoms in total. The van der Waals surface area contributed by atoms with Crippen LogP contribution < -0.4 is 0 Å². The Labute approximate surface area is 86.9 Å². The van der Waals surface area contributed by atoms with E-state index in [0.717, 1.165) is 12.8 Å². The van der Waals surface area contributed by atoms with Crippen LogP contribution in [0.4, 0.5) is 0 Å². The van der Waals surface area contributed by atoms with Crippen molar-refractivity contribution in [1.29, 1.82) is 5.26 Å². The molecule has 14 heavy (non-hydrogen) atoms. The molecule has 78 valence electrons. The summed E-state index contributed by atoms with van der Waals surface area (Å²) in [6.07, 6.45) is 4.85. The van der Waals surface area contributed by atoms with Crippen LogP contribution in [-0.4, -0.2) is 24.0 Å². The highest BCUT2D eigenvalue weighted by atomic mass is 15.2. The highest BCUT2D eigenvalue weighted by Gasteiger charge is 2.45. The van der Waals surface area contributed by atoms with Gasteiger partial charge in [-0.3, -0.25) is 4.90 Å². The predicted octanol–water partition coefficient (Wildman–Crippen LogP) is 2.41. The monoisotopic (exact) mass is 192 g/mol. The SMILES string of the molecule is CC(C)N1CC2(CCC(C#N)CC2)C1. The minimum Gasteiger partial charge on any atom is -0.300 e. The van der Waals surface area contributed by atoms with Gasteiger partial charge in [0, 0.05) is 25.0 Å². The Bertz CT molecular complexity index is 236. The zero-order valence-electron chi connectivity index (χ0n) is 9.29. The fourth-order valence-corrected chi connectivity index (χ4v) is 2.86. The van der Waals surface area contributed by atoms with E-state index in [1.54, 1.807) is 0 Å². The molecule has 0 aromatic carbocycles. The molecule has 0 unspecified atom stereocenters. The second kappa shape index (κ2) is 3.55. The summed E-state index contributed by atoms with van der Waals surface area (Å²) in [5.74, 6) is 0.355. The zero-order valence-corrected chi connectivity index (χ0v) is 9.29. The summed E-state index contributed by atoms with van der Waals surface area (Å²) in [6, 6.07) is 3.11. The topological polar surface area (TPSA) is 27.0 Å². The van der Waals surface area contributed by atoms with Gasteiger partial charge in [0.05, 0.1) is 6.07 Å². The molecule has 1 heterocycles. The summed E-state index contributed by atoms with van der Waals surface area (Å²) in [6.45, 7) is 7.10. The molecule has 2 fully saturated rings. The summed E-state index contributed by atoms with van der Waals surface area (Å²) >= 11 is 0. The smallest absolute Gasteiger partial charge is 0.0655 e. The van der Waals surface area contributed by atoms with E-state index in [0.29, 0.717) is 17.4 Å². The van der Waals surface area contributed by atoms with E-state index in [1.165, 1.54) is 25.9 Å². The number of rotatable bonds is 1. The van der Waals surface area contributed by atoms with Gasteiger partial charge in [-0.1, -0.05) is 0 Å². The average Bonchev–Trinajstić information content (AvgIpc) is 2.14. The Hall–Kier alpha value is -0.550. The second-order valence-electron chi connectivity index (χ2n) is 5.40. The molecule has 0 radical (unpaired) electrons. The van der Waals surface area contributed by atoms with Gasteiger partial charge >= 0.3 is 0 Å². The average molecular weight is 192 g/mol. The third kappa shape index (κ3) is 1.66. The van der Waals surface area contributed by atoms with Crippen molar-refractivity contribution >= 4 is 0 Å². The molecule has 1 saturated carbocycles. The summed E-state index contributed by atoms with van der Waals surface area (Å²) in [4.78, 5) is 2.55. The fourth-order valence-electron chi connectivity index (χ4n) is 2.86. The summed E-state index contributed by atoms with van der Waals surface area (Å²) < 4.78 is 0. The van der Waals surface area contributed by atoms with Gasteiger partial charge in [-0.2, -0.15) is 5.26 Å². The first-order valence-electron chi connectivity index (χ1n) is 5.79. The summed E-state index contributed by atoms with van der Waals surface area (Å²) in [7, 11) is 0. The summed E-state index contributed by atoms with van der Waals surface area (Å²) in [5, 5.41) is 8.83. The Morgan fingerprint density at radius 3 is 2.29 bits per heavy atom. The molecule has 1 aliphatic carbocycles. The molecule has 1 spiro atoms. The first-order chi connectivity index (χ1) is 6.65. The van der Waals surface area contributed by atoms with Gasteiger partial charge in [0.2, 0.25) is 0 Å².